The smallest absolute Gasteiger partial charge is 0.139 e. The number of benzene rings is 1. The van der Waals surface area contributed by atoms with Gasteiger partial charge >= 0.3 is 0 Å². The molecule has 0 fully saturated rings. The summed E-state index contributed by atoms with van der Waals surface area (Å²) in [6.07, 6.45) is 0. The van der Waals surface area contributed by atoms with Crippen LogP contribution < -0.4 is 0 Å². The second-order valence-electron chi connectivity index (χ2n) is 4.08. The molecular weight excluding hydrogens is 331 g/mol. The van der Waals surface area contributed by atoms with Crippen LogP contribution in [0.25, 0.3) is 0 Å². The van der Waals surface area contributed by atoms with Crippen molar-refractivity contribution in [1.29, 1.82) is 0 Å². The van der Waals surface area contributed by atoms with Gasteiger partial charge in [0.05, 0.1) is 37.3 Å². The third-order valence-corrected chi connectivity index (χ3v) is 5.19. The molecule has 0 bridgehead atoms. The Morgan fingerprint density at radius 3 is 2.74 bits per heavy atom. The predicted molar refractivity (Wildman–Crippen MR) is 76.9 cm³/mol. The largest absolute Gasteiger partial charge is 0.267 e. The van der Waals surface area contributed by atoms with Gasteiger partial charge in [-0.3, -0.25) is 8.89 Å². The van der Waals surface area contributed by atoms with E-state index in [4.69, 9.17) is 0 Å². The van der Waals surface area contributed by atoms with Gasteiger partial charge in [0.15, 0.2) is 0 Å². The fourth-order valence-corrected chi connectivity index (χ4v) is 3.66. The lowest BCUT2D eigenvalue weighted by atomic mass is 10.3. The molecule has 0 saturated carbocycles. The topological polar surface area (TPSA) is 34.9 Å². The molecule has 0 amide bonds. The minimum absolute atomic E-state index is 0.232. The Balaban J connectivity index is 2.32. The van der Waals surface area contributed by atoms with Gasteiger partial charge in [-0.25, -0.2) is 4.39 Å². The first-order valence-electron chi connectivity index (χ1n) is 5.89. The van der Waals surface area contributed by atoms with E-state index >= 15 is 0 Å². The third-order valence-electron chi connectivity index (χ3n) is 2.80. The molecule has 0 aliphatic carbocycles. The van der Waals surface area contributed by atoms with E-state index in [2.05, 4.69) is 21.0 Å². The SMILES string of the molecule is CCn1nc(C)c(Br)c1CS(=O)c1ccccc1F. The number of hydrogen-bond donors (Lipinski definition) is 0. The molecule has 3 nitrogen and oxygen atoms in total. The predicted octanol–water partition coefficient (Wildman–Crippen LogP) is 3.42. The van der Waals surface area contributed by atoms with Crippen molar-refractivity contribution in [2.75, 3.05) is 0 Å². The van der Waals surface area contributed by atoms with E-state index in [-0.39, 0.29) is 10.6 Å². The van der Waals surface area contributed by atoms with Crippen molar-refractivity contribution < 1.29 is 8.60 Å². The van der Waals surface area contributed by atoms with E-state index in [9.17, 15) is 8.60 Å². The van der Waals surface area contributed by atoms with Gasteiger partial charge in [0.2, 0.25) is 0 Å². The maximum absolute atomic E-state index is 13.6. The highest BCUT2D eigenvalue weighted by atomic mass is 79.9. The highest BCUT2D eigenvalue weighted by molar-refractivity contribution is 9.10. The van der Waals surface area contributed by atoms with Crippen LogP contribution in [0.4, 0.5) is 4.39 Å². The van der Waals surface area contributed by atoms with Crippen molar-refractivity contribution in [2.24, 2.45) is 0 Å². The molecule has 2 rings (SSSR count). The zero-order valence-electron chi connectivity index (χ0n) is 10.7. The molecule has 0 N–H and O–H groups in total. The van der Waals surface area contributed by atoms with Gasteiger partial charge in [-0.2, -0.15) is 5.10 Å². The average molecular weight is 345 g/mol. The lowest BCUT2D eigenvalue weighted by molar-refractivity contribution is 0.593. The number of hydrogen-bond acceptors (Lipinski definition) is 2. The van der Waals surface area contributed by atoms with Gasteiger partial charge in [0, 0.05) is 6.54 Å². The molecule has 19 heavy (non-hydrogen) atoms. The number of rotatable bonds is 4. The summed E-state index contributed by atoms with van der Waals surface area (Å²) in [6.45, 7) is 4.54. The molecule has 0 aliphatic heterocycles. The standard InChI is InChI=1S/C13H14BrFN2OS/c1-3-17-11(13(14)9(2)16-17)8-19(18)12-7-5-4-6-10(12)15/h4-7H,3,8H2,1-2H3. The van der Waals surface area contributed by atoms with Crippen LogP contribution in [0.2, 0.25) is 0 Å². The van der Waals surface area contributed by atoms with Gasteiger partial charge < -0.3 is 0 Å². The molecule has 6 heteroatoms. The molecular formula is C13H14BrFN2OS. The Kier molecular flexibility index (Phi) is 4.52. The molecule has 1 unspecified atom stereocenters. The molecule has 1 heterocycles. The fourth-order valence-electron chi connectivity index (χ4n) is 1.84. The highest BCUT2D eigenvalue weighted by Gasteiger charge is 2.17. The van der Waals surface area contributed by atoms with Crippen molar-refractivity contribution in [2.45, 2.75) is 31.0 Å². The summed E-state index contributed by atoms with van der Waals surface area (Å²) < 4.78 is 28.5. The lowest BCUT2D eigenvalue weighted by Gasteiger charge is -2.06. The normalized spacial score (nSPS) is 12.6. The van der Waals surface area contributed by atoms with Crippen molar-refractivity contribution >= 4 is 26.7 Å². The lowest BCUT2D eigenvalue weighted by Crippen LogP contribution is -2.07. The molecule has 0 spiro atoms. The Hall–Kier alpha value is -1.01. The summed E-state index contributed by atoms with van der Waals surface area (Å²) in [5.41, 5.74) is 1.68. The summed E-state index contributed by atoms with van der Waals surface area (Å²) in [6, 6.07) is 6.16. The van der Waals surface area contributed by atoms with Gasteiger partial charge in [-0.15, -0.1) is 0 Å². The molecule has 1 aromatic heterocycles. The van der Waals surface area contributed by atoms with Crippen molar-refractivity contribution in [1.82, 2.24) is 9.78 Å². The summed E-state index contributed by atoms with van der Waals surface area (Å²) in [7, 11) is -1.42. The first-order chi connectivity index (χ1) is 9.04. The van der Waals surface area contributed by atoms with E-state index in [1.807, 2.05) is 13.8 Å². The van der Waals surface area contributed by atoms with Gasteiger partial charge in [-0.05, 0) is 41.9 Å². The quantitative estimate of drug-likeness (QED) is 0.851. The van der Waals surface area contributed by atoms with Crippen LogP contribution in [-0.2, 0) is 23.1 Å². The van der Waals surface area contributed by atoms with Gasteiger partial charge in [0.25, 0.3) is 0 Å². The second-order valence-corrected chi connectivity index (χ2v) is 6.29. The molecule has 0 aliphatic rings. The Labute approximate surface area is 122 Å². The van der Waals surface area contributed by atoms with Crippen molar-refractivity contribution in [3.63, 3.8) is 0 Å². The third kappa shape index (κ3) is 2.95. The van der Waals surface area contributed by atoms with E-state index < -0.39 is 16.6 Å². The maximum Gasteiger partial charge on any atom is 0.139 e. The highest BCUT2D eigenvalue weighted by Crippen LogP contribution is 2.24. The van der Waals surface area contributed by atoms with Crippen LogP contribution in [0.15, 0.2) is 33.6 Å². The van der Waals surface area contributed by atoms with Crippen LogP contribution in [0.5, 0.6) is 0 Å². The summed E-state index contributed by atoms with van der Waals surface area (Å²) in [4.78, 5) is 0.232. The first-order valence-corrected chi connectivity index (χ1v) is 8.00. The molecule has 1 atom stereocenters. The first kappa shape index (κ1) is 14.4. The summed E-state index contributed by atoms with van der Waals surface area (Å²) in [5, 5.41) is 4.34. The number of nitrogens with zero attached hydrogens (tertiary/aromatic N) is 2. The zero-order chi connectivity index (χ0) is 14.0. The zero-order valence-corrected chi connectivity index (χ0v) is 13.1. The summed E-state index contributed by atoms with van der Waals surface area (Å²) >= 11 is 3.45. The Morgan fingerprint density at radius 1 is 1.42 bits per heavy atom. The van der Waals surface area contributed by atoms with Crippen LogP contribution in [0.3, 0.4) is 0 Å². The van der Waals surface area contributed by atoms with Crippen LogP contribution in [-0.4, -0.2) is 14.0 Å². The van der Waals surface area contributed by atoms with E-state index in [1.54, 1.807) is 22.9 Å². The average Bonchev–Trinajstić information content (AvgIpc) is 2.67. The monoisotopic (exact) mass is 344 g/mol. The van der Waals surface area contributed by atoms with Crippen molar-refractivity contribution in [3.05, 3.63) is 45.9 Å². The van der Waals surface area contributed by atoms with Crippen LogP contribution in [0.1, 0.15) is 18.3 Å². The number of halogens is 2. The Bertz CT molecular complexity index is 627. The van der Waals surface area contributed by atoms with Crippen LogP contribution in [0, 0.1) is 12.7 Å². The van der Waals surface area contributed by atoms with E-state index in [0.29, 0.717) is 6.54 Å². The second kappa shape index (κ2) is 5.96. The van der Waals surface area contributed by atoms with Gasteiger partial charge in [-0.1, -0.05) is 12.1 Å². The minimum Gasteiger partial charge on any atom is -0.267 e. The maximum atomic E-state index is 13.6. The van der Waals surface area contributed by atoms with Crippen LogP contribution >= 0.6 is 15.9 Å². The number of aryl methyl sites for hydroxylation is 2. The number of aromatic nitrogens is 2. The van der Waals surface area contributed by atoms with E-state index in [0.717, 1.165) is 15.9 Å². The molecule has 2 aromatic rings. The molecule has 0 saturated heterocycles. The van der Waals surface area contributed by atoms with Gasteiger partial charge in [0.1, 0.15) is 5.82 Å². The minimum atomic E-state index is -1.42. The summed E-state index contributed by atoms with van der Waals surface area (Å²) in [5.74, 6) is -0.188. The molecule has 0 radical (unpaired) electrons. The fraction of sp³-hybridized carbons (Fsp3) is 0.308. The molecule has 102 valence electrons. The Morgan fingerprint density at radius 2 is 2.11 bits per heavy atom. The van der Waals surface area contributed by atoms with E-state index in [1.165, 1.54) is 6.07 Å². The molecule has 1 aromatic carbocycles. The van der Waals surface area contributed by atoms with Crippen molar-refractivity contribution in [3.8, 4) is 0 Å².